The van der Waals surface area contributed by atoms with Crippen LogP contribution >= 0.6 is 0 Å². The Balaban J connectivity index is 1.46. The topological polar surface area (TPSA) is 84.1 Å². The Labute approximate surface area is 160 Å². The number of hydrogen-bond donors (Lipinski definition) is 1. The summed E-state index contributed by atoms with van der Waals surface area (Å²) in [5.41, 5.74) is 4.42. The zero-order chi connectivity index (χ0) is 18.7. The van der Waals surface area contributed by atoms with Gasteiger partial charge in [-0.25, -0.2) is 9.50 Å². The quantitative estimate of drug-likeness (QED) is 0.598. The molecule has 1 aliphatic carbocycles. The SMILES string of the molecule is O=C(c1ccnn1C1CC1)N1CCc2[nH]cnc2[C@H]1c1cc2ccccn2n1. The summed E-state index contributed by atoms with van der Waals surface area (Å²) in [5, 5.41) is 9.13. The molecule has 8 heteroatoms. The minimum atomic E-state index is -0.315. The number of aromatic nitrogens is 6. The van der Waals surface area contributed by atoms with Gasteiger partial charge in [0.2, 0.25) is 0 Å². The van der Waals surface area contributed by atoms with E-state index in [1.165, 1.54) is 0 Å². The van der Waals surface area contributed by atoms with Crippen LogP contribution in [0.25, 0.3) is 5.52 Å². The maximum Gasteiger partial charge on any atom is 0.273 e. The van der Waals surface area contributed by atoms with Crippen molar-refractivity contribution in [2.45, 2.75) is 31.3 Å². The monoisotopic (exact) mass is 373 g/mol. The number of amides is 1. The van der Waals surface area contributed by atoms with Gasteiger partial charge in [-0.05, 0) is 37.1 Å². The molecule has 0 saturated heterocycles. The molecule has 0 radical (unpaired) electrons. The van der Waals surface area contributed by atoms with E-state index in [-0.39, 0.29) is 11.9 Å². The van der Waals surface area contributed by atoms with Gasteiger partial charge in [0, 0.05) is 31.1 Å². The van der Waals surface area contributed by atoms with E-state index in [2.05, 4.69) is 15.1 Å². The smallest absolute Gasteiger partial charge is 0.273 e. The zero-order valence-electron chi connectivity index (χ0n) is 15.2. The standard InChI is InChI=1S/C20H19N7O/c28-20(17-6-8-23-27(17)13-4-5-13)25-10-7-15-18(22-12-21-15)19(25)16-11-14-3-1-2-9-26(14)24-16/h1-3,6,8-9,11-13,19H,4-5,7,10H2,(H,21,22)/t19-/m1/s1. The van der Waals surface area contributed by atoms with Crippen molar-refractivity contribution >= 4 is 11.4 Å². The summed E-state index contributed by atoms with van der Waals surface area (Å²) in [6.07, 6.45) is 8.26. The lowest BCUT2D eigenvalue weighted by Crippen LogP contribution is -2.41. The van der Waals surface area contributed by atoms with E-state index >= 15 is 0 Å². The largest absolute Gasteiger partial charge is 0.348 e. The lowest BCUT2D eigenvalue weighted by Gasteiger charge is -2.34. The van der Waals surface area contributed by atoms with Crippen LogP contribution in [0.15, 0.2) is 49.1 Å². The van der Waals surface area contributed by atoms with Gasteiger partial charge < -0.3 is 9.88 Å². The van der Waals surface area contributed by atoms with Gasteiger partial charge in [-0.2, -0.15) is 10.2 Å². The van der Waals surface area contributed by atoms with Gasteiger partial charge in [-0.1, -0.05) is 6.07 Å². The van der Waals surface area contributed by atoms with E-state index in [4.69, 9.17) is 5.10 Å². The number of imidazole rings is 1. The lowest BCUT2D eigenvalue weighted by molar-refractivity contribution is 0.0673. The van der Waals surface area contributed by atoms with Crippen LogP contribution < -0.4 is 0 Å². The van der Waals surface area contributed by atoms with E-state index in [1.807, 2.05) is 50.6 Å². The van der Waals surface area contributed by atoms with Crippen molar-refractivity contribution < 1.29 is 4.79 Å². The summed E-state index contributed by atoms with van der Waals surface area (Å²) in [4.78, 5) is 23.2. The first-order chi connectivity index (χ1) is 13.8. The minimum absolute atomic E-state index is 0.0138. The Bertz CT molecular complexity index is 1150. The van der Waals surface area contributed by atoms with Crippen molar-refractivity contribution in [3.63, 3.8) is 0 Å². The average molecular weight is 373 g/mol. The van der Waals surface area contributed by atoms with Gasteiger partial charge in [0.05, 0.1) is 29.3 Å². The van der Waals surface area contributed by atoms with Gasteiger partial charge in [0.1, 0.15) is 11.7 Å². The highest BCUT2D eigenvalue weighted by Crippen LogP contribution is 2.37. The van der Waals surface area contributed by atoms with Crippen LogP contribution in [0.4, 0.5) is 0 Å². The molecule has 4 aromatic rings. The molecular formula is C20H19N7O. The first-order valence-electron chi connectivity index (χ1n) is 9.60. The van der Waals surface area contributed by atoms with Crippen LogP contribution in [0.3, 0.4) is 0 Å². The molecule has 1 aliphatic heterocycles. The highest BCUT2D eigenvalue weighted by atomic mass is 16.2. The summed E-state index contributed by atoms with van der Waals surface area (Å²) in [7, 11) is 0. The van der Waals surface area contributed by atoms with E-state index in [0.29, 0.717) is 18.3 Å². The Morgan fingerprint density at radius 1 is 1.21 bits per heavy atom. The van der Waals surface area contributed by atoms with E-state index in [0.717, 1.165) is 41.9 Å². The third-order valence-corrected chi connectivity index (χ3v) is 5.64. The number of pyridine rings is 1. The molecule has 0 aromatic carbocycles. The molecule has 0 unspecified atom stereocenters. The number of carbonyl (C=O) groups is 1. The zero-order valence-corrected chi connectivity index (χ0v) is 15.2. The number of hydrogen-bond acceptors (Lipinski definition) is 4. The van der Waals surface area contributed by atoms with Crippen molar-refractivity contribution in [3.8, 4) is 0 Å². The summed E-state index contributed by atoms with van der Waals surface area (Å²) in [5.74, 6) is -0.0138. The van der Waals surface area contributed by atoms with Crippen molar-refractivity contribution in [1.29, 1.82) is 0 Å². The Hall–Kier alpha value is -3.42. The summed E-state index contributed by atoms with van der Waals surface area (Å²) < 4.78 is 3.72. The summed E-state index contributed by atoms with van der Waals surface area (Å²) in [6, 6.07) is 9.84. The lowest BCUT2D eigenvalue weighted by atomic mass is 9.99. The van der Waals surface area contributed by atoms with E-state index < -0.39 is 0 Å². The molecule has 140 valence electrons. The van der Waals surface area contributed by atoms with Crippen LogP contribution in [-0.2, 0) is 6.42 Å². The van der Waals surface area contributed by atoms with E-state index in [9.17, 15) is 4.79 Å². The van der Waals surface area contributed by atoms with Crippen LogP contribution in [0.2, 0.25) is 0 Å². The molecule has 2 aliphatic rings. The van der Waals surface area contributed by atoms with Crippen LogP contribution in [0, 0.1) is 0 Å². The normalized spacial score (nSPS) is 19.1. The Morgan fingerprint density at radius 3 is 3.00 bits per heavy atom. The summed E-state index contributed by atoms with van der Waals surface area (Å²) in [6.45, 7) is 0.614. The van der Waals surface area contributed by atoms with Crippen molar-refractivity contribution in [1.82, 2.24) is 34.3 Å². The van der Waals surface area contributed by atoms with Crippen molar-refractivity contribution in [2.24, 2.45) is 0 Å². The fourth-order valence-corrected chi connectivity index (χ4v) is 4.13. The fraction of sp³-hybridized carbons (Fsp3) is 0.300. The van der Waals surface area contributed by atoms with Gasteiger partial charge >= 0.3 is 0 Å². The molecular weight excluding hydrogens is 354 g/mol. The molecule has 0 spiro atoms. The van der Waals surface area contributed by atoms with Crippen LogP contribution in [0.1, 0.15) is 52.5 Å². The first kappa shape index (κ1) is 15.6. The molecule has 28 heavy (non-hydrogen) atoms. The van der Waals surface area contributed by atoms with Gasteiger partial charge in [-0.15, -0.1) is 0 Å². The highest BCUT2D eigenvalue weighted by molar-refractivity contribution is 5.93. The molecule has 1 N–H and O–H groups in total. The molecule has 4 aromatic heterocycles. The number of carbonyl (C=O) groups excluding carboxylic acids is 1. The number of aromatic amines is 1. The van der Waals surface area contributed by atoms with Crippen LogP contribution in [-0.4, -0.2) is 46.7 Å². The second kappa shape index (κ2) is 5.79. The molecule has 8 nitrogen and oxygen atoms in total. The Morgan fingerprint density at radius 2 is 2.14 bits per heavy atom. The summed E-state index contributed by atoms with van der Waals surface area (Å²) >= 11 is 0. The fourth-order valence-electron chi connectivity index (χ4n) is 4.13. The molecule has 1 amide bonds. The molecule has 1 fully saturated rings. The van der Waals surface area contributed by atoms with Gasteiger partial charge in [0.15, 0.2) is 0 Å². The molecule has 5 heterocycles. The molecule has 0 bridgehead atoms. The van der Waals surface area contributed by atoms with Gasteiger partial charge in [-0.3, -0.25) is 9.48 Å². The van der Waals surface area contributed by atoms with Crippen molar-refractivity contribution in [3.05, 3.63) is 71.8 Å². The second-order valence-electron chi connectivity index (χ2n) is 7.45. The number of H-pyrrole nitrogens is 1. The number of fused-ring (bicyclic) bond motifs is 2. The predicted octanol–water partition coefficient (Wildman–Crippen LogP) is 2.38. The van der Waals surface area contributed by atoms with Crippen molar-refractivity contribution in [2.75, 3.05) is 6.54 Å². The molecule has 6 rings (SSSR count). The average Bonchev–Trinajstić information content (AvgIpc) is 3.14. The molecule has 1 saturated carbocycles. The highest BCUT2D eigenvalue weighted by Gasteiger charge is 2.38. The van der Waals surface area contributed by atoms with E-state index in [1.54, 1.807) is 12.5 Å². The second-order valence-corrected chi connectivity index (χ2v) is 7.45. The minimum Gasteiger partial charge on any atom is -0.348 e. The van der Waals surface area contributed by atoms with Gasteiger partial charge in [0.25, 0.3) is 5.91 Å². The maximum atomic E-state index is 13.5. The number of rotatable bonds is 3. The first-order valence-corrected chi connectivity index (χ1v) is 9.60. The number of nitrogens with zero attached hydrogens (tertiary/aromatic N) is 6. The third-order valence-electron chi connectivity index (χ3n) is 5.64. The number of nitrogens with one attached hydrogen (secondary N) is 1. The Kier molecular flexibility index (Phi) is 3.23. The predicted molar refractivity (Wildman–Crippen MR) is 101 cm³/mol. The third kappa shape index (κ3) is 2.30. The van der Waals surface area contributed by atoms with Crippen LogP contribution in [0.5, 0.6) is 0 Å². The maximum absolute atomic E-state index is 13.5. The molecule has 1 atom stereocenters.